The molecule has 0 saturated heterocycles. The van der Waals surface area contributed by atoms with Gasteiger partial charge in [-0.25, -0.2) is 4.68 Å². The Labute approximate surface area is 92.4 Å². The molecule has 0 radical (unpaired) electrons. The third-order valence-corrected chi connectivity index (χ3v) is 3.92. The second-order valence-electron chi connectivity index (χ2n) is 4.72. The smallest absolute Gasteiger partial charge is 0.266 e. The van der Waals surface area contributed by atoms with Crippen LogP contribution in [0.5, 0.6) is 0 Å². The van der Waals surface area contributed by atoms with Gasteiger partial charge in [0.1, 0.15) is 4.70 Å². The molecule has 0 atom stereocenters. The molecule has 15 heavy (non-hydrogen) atoms. The van der Waals surface area contributed by atoms with Crippen LogP contribution in [0.3, 0.4) is 0 Å². The summed E-state index contributed by atoms with van der Waals surface area (Å²) in [5, 5.41) is 4.96. The van der Waals surface area contributed by atoms with Gasteiger partial charge in [0.05, 0.1) is 6.20 Å². The fourth-order valence-corrected chi connectivity index (χ4v) is 2.55. The molecule has 0 aromatic carbocycles. The van der Waals surface area contributed by atoms with E-state index in [9.17, 15) is 4.79 Å². The van der Waals surface area contributed by atoms with Crippen molar-refractivity contribution >= 4 is 21.4 Å². The highest BCUT2D eigenvalue weighted by Gasteiger charge is 2.18. The molecule has 0 unspecified atom stereocenters. The van der Waals surface area contributed by atoms with Crippen LogP contribution < -0.4 is 5.56 Å². The SMILES string of the molecule is Cn1ncc2cc(C(C)(C)C)sc2c1=O. The van der Waals surface area contributed by atoms with Gasteiger partial charge < -0.3 is 0 Å². The van der Waals surface area contributed by atoms with E-state index in [-0.39, 0.29) is 11.0 Å². The van der Waals surface area contributed by atoms with Crippen molar-refractivity contribution in [2.75, 3.05) is 0 Å². The Balaban J connectivity index is 2.78. The molecule has 0 N–H and O–H groups in total. The van der Waals surface area contributed by atoms with Crippen LogP contribution in [0.25, 0.3) is 10.1 Å². The summed E-state index contributed by atoms with van der Waals surface area (Å²) in [4.78, 5) is 13.0. The Morgan fingerprint density at radius 2 is 2.07 bits per heavy atom. The van der Waals surface area contributed by atoms with Crippen molar-refractivity contribution in [2.45, 2.75) is 26.2 Å². The number of hydrogen-bond acceptors (Lipinski definition) is 3. The van der Waals surface area contributed by atoms with Crippen LogP contribution in [-0.2, 0) is 12.5 Å². The largest absolute Gasteiger partial charge is 0.284 e. The van der Waals surface area contributed by atoms with E-state index >= 15 is 0 Å². The number of thiophene rings is 1. The van der Waals surface area contributed by atoms with Crippen molar-refractivity contribution in [2.24, 2.45) is 7.05 Å². The molecule has 0 aliphatic carbocycles. The summed E-state index contributed by atoms with van der Waals surface area (Å²) < 4.78 is 2.18. The van der Waals surface area contributed by atoms with E-state index in [0.717, 1.165) is 10.1 Å². The average Bonchev–Trinajstić information content (AvgIpc) is 2.55. The first kappa shape index (κ1) is 10.4. The summed E-state index contributed by atoms with van der Waals surface area (Å²) in [5.41, 5.74) is 0.0855. The first-order valence-electron chi connectivity index (χ1n) is 4.86. The number of nitrogens with zero attached hydrogens (tertiary/aromatic N) is 2. The van der Waals surface area contributed by atoms with Gasteiger partial charge in [-0.1, -0.05) is 20.8 Å². The molecule has 0 bridgehead atoms. The minimum Gasteiger partial charge on any atom is -0.266 e. The maximum absolute atomic E-state index is 11.8. The van der Waals surface area contributed by atoms with Crippen molar-refractivity contribution in [3.05, 3.63) is 27.5 Å². The van der Waals surface area contributed by atoms with Gasteiger partial charge in [-0.05, 0) is 11.5 Å². The molecule has 3 nitrogen and oxygen atoms in total. The Morgan fingerprint density at radius 3 is 2.67 bits per heavy atom. The summed E-state index contributed by atoms with van der Waals surface area (Å²) in [6.07, 6.45) is 1.75. The molecule has 2 heterocycles. The minimum atomic E-state index is -0.00648. The van der Waals surface area contributed by atoms with Crippen molar-refractivity contribution in [3.8, 4) is 0 Å². The van der Waals surface area contributed by atoms with Crippen LogP contribution in [0.1, 0.15) is 25.6 Å². The Morgan fingerprint density at radius 1 is 1.40 bits per heavy atom. The fourth-order valence-electron chi connectivity index (χ4n) is 1.39. The second-order valence-corrected chi connectivity index (χ2v) is 5.77. The lowest BCUT2D eigenvalue weighted by molar-refractivity contribution is 0.604. The zero-order chi connectivity index (χ0) is 11.2. The zero-order valence-electron chi connectivity index (χ0n) is 9.37. The molecule has 4 heteroatoms. The number of aryl methyl sites for hydroxylation is 1. The molecule has 2 rings (SSSR count). The van der Waals surface area contributed by atoms with Gasteiger partial charge in [0.15, 0.2) is 0 Å². The van der Waals surface area contributed by atoms with Gasteiger partial charge in [0.25, 0.3) is 5.56 Å². The molecule has 0 fully saturated rings. The predicted octanol–water partition coefficient (Wildman–Crippen LogP) is 2.29. The van der Waals surface area contributed by atoms with Gasteiger partial charge in [0, 0.05) is 17.3 Å². The topological polar surface area (TPSA) is 34.9 Å². The normalized spacial score (nSPS) is 12.3. The first-order valence-corrected chi connectivity index (χ1v) is 5.67. The number of hydrogen-bond donors (Lipinski definition) is 0. The lowest BCUT2D eigenvalue weighted by Gasteiger charge is -2.14. The van der Waals surface area contributed by atoms with E-state index in [1.165, 1.54) is 9.56 Å². The molecule has 0 spiro atoms. The lowest BCUT2D eigenvalue weighted by Crippen LogP contribution is -2.17. The third kappa shape index (κ3) is 1.69. The van der Waals surface area contributed by atoms with Crippen LogP contribution >= 0.6 is 11.3 Å². The summed E-state index contributed by atoms with van der Waals surface area (Å²) >= 11 is 1.57. The maximum atomic E-state index is 11.8. The van der Waals surface area contributed by atoms with Crippen LogP contribution in [0.15, 0.2) is 17.1 Å². The van der Waals surface area contributed by atoms with Crippen molar-refractivity contribution in [1.29, 1.82) is 0 Å². The van der Waals surface area contributed by atoms with Crippen LogP contribution in [0, 0.1) is 0 Å². The van der Waals surface area contributed by atoms with Crippen molar-refractivity contribution in [1.82, 2.24) is 9.78 Å². The van der Waals surface area contributed by atoms with Crippen molar-refractivity contribution < 1.29 is 0 Å². The number of rotatable bonds is 0. The second kappa shape index (κ2) is 3.17. The average molecular weight is 222 g/mol. The summed E-state index contributed by atoms with van der Waals surface area (Å²) in [7, 11) is 1.68. The highest BCUT2D eigenvalue weighted by molar-refractivity contribution is 7.19. The van der Waals surface area contributed by atoms with E-state index in [1.54, 1.807) is 24.6 Å². The summed E-state index contributed by atoms with van der Waals surface area (Å²) in [5.74, 6) is 0. The molecule has 0 aliphatic rings. The molecule has 0 amide bonds. The van der Waals surface area contributed by atoms with E-state index < -0.39 is 0 Å². The molecule has 0 saturated carbocycles. The first-order chi connectivity index (χ1) is 6.89. The standard InChI is InChI=1S/C11H14N2OS/c1-11(2,3)8-5-7-6-12-13(4)10(14)9(7)15-8/h5-6H,1-4H3. The Bertz CT molecular complexity index is 560. The molecular formula is C11H14N2OS. The lowest BCUT2D eigenvalue weighted by atomic mass is 9.94. The van der Waals surface area contributed by atoms with E-state index in [4.69, 9.17) is 0 Å². The van der Waals surface area contributed by atoms with Crippen molar-refractivity contribution in [3.63, 3.8) is 0 Å². The van der Waals surface area contributed by atoms with Crippen LogP contribution in [-0.4, -0.2) is 9.78 Å². The van der Waals surface area contributed by atoms with Gasteiger partial charge >= 0.3 is 0 Å². The summed E-state index contributed by atoms with van der Waals surface area (Å²) in [6.45, 7) is 6.45. The highest BCUT2D eigenvalue weighted by atomic mass is 32.1. The number of fused-ring (bicyclic) bond motifs is 1. The Hall–Kier alpha value is -1.16. The molecule has 2 aromatic rings. The van der Waals surface area contributed by atoms with Crippen LogP contribution in [0.4, 0.5) is 0 Å². The van der Waals surface area contributed by atoms with E-state index in [1.807, 2.05) is 0 Å². The summed E-state index contributed by atoms with van der Waals surface area (Å²) in [6, 6.07) is 2.06. The van der Waals surface area contributed by atoms with Gasteiger partial charge in [-0.15, -0.1) is 11.3 Å². The van der Waals surface area contributed by atoms with E-state index in [0.29, 0.717) is 0 Å². The molecule has 0 aliphatic heterocycles. The molecule has 80 valence electrons. The Kier molecular flexibility index (Phi) is 2.19. The predicted molar refractivity (Wildman–Crippen MR) is 63.6 cm³/mol. The van der Waals surface area contributed by atoms with Gasteiger partial charge in [0.2, 0.25) is 0 Å². The monoisotopic (exact) mass is 222 g/mol. The maximum Gasteiger partial charge on any atom is 0.284 e. The molecule has 2 aromatic heterocycles. The zero-order valence-corrected chi connectivity index (χ0v) is 10.2. The quantitative estimate of drug-likeness (QED) is 0.685. The van der Waals surface area contributed by atoms with Gasteiger partial charge in [-0.3, -0.25) is 4.79 Å². The fraction of sp³-hybridized carbons (Fsp3) is 0.455. The number of aromatic nitrogens is 2. The minimum absolute atomic E-state index is 0.00648. The van der Waals surface area contributed by atoms with E-state index in [2.05, 4.69) is 31.9 Å². The third-order valence-electron chi connectivity index (χ3n) is 2.36. The van der Waals surface area contributed by atoms with Gasteiger partial charge in [-0.2, -0.15) is 5.10 Å². The molecular weight excluding hydrogens is 208 g/mol. The highest BCUT2D eigenvalue weighted by Crippen LogP contribution is 2.31. The van der Waals surface area contributed by atoms with Crippen LogP contribution in [0.2, 0.25) is 0 Å².